The Labute approximate surface area is 236 Å². The van der Waals surface area contributed by atoms with Crippen molar-refractivity contribution in [2.24, 2.45) is 5.92 Å². The van der Waals surface area contributed by atoms with Gasteiger partial charge >= 0.3 is 0 Å². The highest BCUT2D eigenvalue weighted by molar-refractivity contribution is 7.92. The van der Waals surface area contributed by atoms with Crippen LogP contribution in [0.5, 0.6) is 5.75 Å². The first-order valence-electron chi connectivity index (χ1n) is 12.6. The smallest absolute Gasteiger partial charge is 0.242 e. The molecule has 0 aliphatic rings. The maximum Gasteiger partial charge on any atom is 0.242 e. The summed E-state index contributed by atoms with van der Waals surface area (Å²) in [5.74, 6) is 0.284. The van der Waals surface area contributed by atoms with Gasteiger partial charge < -0.3 is 15.0 Å². The molecule has 38 heavy (non-hydrogen) atoms. The van der Waals surface area contributed by atoms with Gasteiger partial charge in [0.15, 0.2) is 0 Å². The number of amides is 2. The topological polar surface area (TPSA) is 96.0 Å². The number of hydrogen-bond donors (Lipinski definition) is 1. The molecular formula is C27H37Cl2N3O5S. The van der Waals surface area contributed by atoms with Crippen LogP contribution in [0.1, 0.15) is 46.1 Å². The van der Waals surface area contributed by atoms with Crippen LogP contribution in [-0.2, 0) is 26.2 Å². The van der Waals surface area contributed by atoms with Crippen molar-refractivity contribution in [1.82, 2.24) is 10.2 Å². The van der Waals surface area contributed by atoms with Crippen molar-refractivity contribution in [2.45, 2.75) is 53.1 Å². The van der Waals surface area contributed by atoms with Crippen LogP contribution in [-0.4, -0.2) is 57.1 Å². The Hall–Kier alpha value is -2.49. The SMILES string of the molecule is CCOc1ccc(N(CCCC(=O)N(Cc2c(Cl)cccc2Cl)C(C)C(=O)NCC(C)C)S(C)(=O)=O)cc1. The molecule has 0 aromatic heterocycles. The summed E-state index contributed by atoms with van der Waals surface area (Å²) in [7, 11) is -3.60. The minimum atomic E-state index is -3.60. The average molecular weight is 587 g/mol. The molecule has 0 aliphatic carbocycles. The number of carbonyl (C=O) groups excluding carboxylic acids is 2. The average Bonchev–Trinajstić information content (AvgIpc) is 2.84. The zero-order chi connectivity index (χ0) is 28.5. The Bertz CT molecular complexity index is 1170. The van der Waals surface area contributed by atoms with E-state index in [2.05, 4.69) is 5.32 Å². The lowest BCUT2D eigenvalue weighted by Crippen LogP contribution is -2.48. The molecule has 11 heteroatoms. The van der Waals surface area contributed by atoms with Gasteiger partial charge in [0.1, 0.15) is 11.8 Å². The number of rotatable bonds is 14. The van der Waals surface area contributed by atoms with E-state index in [-0.39, 0.29) is 43.7 Å². The molecule has 0 saturated heterocycles. The fraction of sp³-hybridized carbons (Fsp3) is 0.481. The number of nitrogens with one attached hydrogen (secondary N) is 1. The van der Waals surface area contributed by atoms with Crippen LogP contribution in [0.2, 0.25) is 10.0 Å². The highest BCUT2D eigenvalue weighted by atomic mass is 35.5. The Morgan fingerprint density at radius 2 is 1.63 bits per heavy atom. The number of benzene rings is 2. The van der Waals surface area contributed by atoms with Gasteiger partial charge in [0.05, 0.1) is 18.6 Å². The number of ether oxygens (including phenoxy) is 1. The minimum absolute atomic E-state index is 0.0208. The molecule has 0 saturated carbocycles. The second kappa shape index (κ2) is 14.6. The second-order valence-electron chi connectivity index (χ2n) is 9.40. The second-order valence-corrected chi connectivity index (χ2v) is 12.1. The summed E-state index contributed by atoms with van der Waals surface area (Å²) in [6, 6.07) is 11.0. The van der Waals surface area contributed by atoms with E-state index in [9.17, 15) is 18.0 Å². The number of halogens is 2. The van der Waals surface area contributed by atoms with Gasteiger partial charge in [-0.1, -0.05) is 43.1 Å². The summed E-state index contributed by atoms with van der Waals surface area (Å²) in [4.78, 5) is 27.7. The van der Waals surface area contributed by atoms with Crippen LogP contribution in [0.3, 0.4) is 0 Å². The molecule has 0 heterocycles. The molecule has 2 amide bonds. The molecule has 0 spiro atoms. The monoisotopic (exact) mass is 585 g/mol. The van der Waals surface area contributed by atoms with Crippen molar-refractivity contribution < 1.29 is 22.7 Å². The van der Waals surface area contributed by atoms with Crippen LogP contribution >= 0.6 is 23.2 Å². The molecule has 2 rings (SSSR count). The maximum atomic E-state index is 13.4. The van der Waals surface area contributed by atoms with Gasteiger partial charge in [0, 0.05) is 41.7 Å². The Balaban J connectivity index is 2.20. The van der Waals surface area contributed by atoms with E-state index in [1.165, 1.54) is 9.21 Å². The summed E-state index contributed by atoms with van der Waals surface area (Å²) in [6.45, 7) is 8.59. The first-order valence-corrected chi connectivity index (χ1v) is 15.2. The molecule has 2 aromatic carbocycles. The van der Waals surface area contributed by atoms with Gasteiger partial charge in [0.25, 0.3) is 0 Å². The van der Waals surface area contributed by atoms with E-state index in [0.29, 0.717) is 40.2 Å². The van der Waals surface area contributed by atoms with Crippen molar-refractivity contribution in [3.63, 3.8) is 0 Å². The highest BCUT2D eigenvalue weighted by Crippen LogP contribution is 2.27. The maximum absolute atomic E-state index is 13.4. The first kappa shape index (κ1) is 31.7. The Morgan fingerprint density at radius 3 is 2.16 bits per heavy atom. The standard InChI is InChI=1S/C27H37Cl2N3O5S/c1-6-37-22-14-12-21(13-15-22)32(38(5,35)36)16-8-11-26(33)31(20(4)27(34)30-17-19(2)3)18-23-24(28)9-7-10-25(23)29/h7,9-10,12-15,19-20H,6,8,11,16-18H2,1-5H3,(H,30,34). The van der Waals surface area contributed by atoms with Gasteiger partial charge in [-0.2, -0.15) is 0 Å². The molecule has 2 aromatic rings. The third-order valence-corrected chi connectivity index (χ3v) is 7.73. The van der Waals surface area contributed by atoms with Crippen LogP contribution < -0.4 is 14.4 Å². The van der Waals surface area contributed by atoms with Crippen LogP contribution in [0.4, 0.5) is 5.69 Å². The van der Waals surface area contributed by atoms with Gasteiger partial charge in [-0.15, -0.1) is 0 Å². The highest BCUT2D eigenvalue weighted by Gasteiger charge is 2.28. The summed E-state index contributed by atoms with van der Waals surface area (Å²) >= 11 is 12.7. The number of nitrogens with zero attached hydrogens (tertiary/aromatic N) is 2. The van der Waals surface area contributed by atoms with Crippen molar-refractivity contribution in [2.75, 3.05) is 30.3 Å². The van der Waals surface area contributed by atoms with Crippen molar-refractivity contribution >= 4 is 50.7 Å². The summed E-state index contributed by atoms with van der Waals surface area (Å²) in [5, 5.41) is 3.65. The zero-order valence-electron chi connectivity index (χ0n) is 22.5. The molecule has 210 valence electrons. The van der Waals surface area contributed by atoms with Crippen LogP contribution in [0.25, 0.3) is 0 Å². The minimum Gasteiger partial charge on any atom is -0.494 e. The molecule has 1 N–H and O–H groups in total. The summed E-state index contributed by atoms with van der Waals surface area (Å²) < 4.78 is 31.7. The predicted octanol–water partition coefficient (Wildman–Crippen LogP) is 5.13. The van der Waals surface area contributed by atoms with Gasteiger partial charge in [-0.25, -0.2) is 8.42 Å². The lowest BCUT2D eigenvalue weighted by molar-refractivity contribution is -0.140. The van der Waals surface area contributed by atoms with E-state index in [0.717, 1.165) is 6.26 Å². The van der Waals surface area contributed by atoms with Gasteiger partial charge in [-0.3, -0.25) is 13.9 Å². The molecule has 1 atom stereocenters. The third-order valence-electron chi connectivity index (χ3n) is 5.83. The molecule has 0 bridgehead atoms. The predicted molar refractivity (Wildman–Crippen MR) is 153 cm³/mol. The van der Waals surface area contributed by atoms with Gasteiger partial charge in [0.2, 0.25) is 21.8 Å². The molecule has 1 unspecified atom stereocenters. The molecule has 0 radical (unpaired) electrons. The number of hydrogen-bond acceptors (Lipinski definition) is 5. The lowest BCUT2D eigenvalue weighted by Gasteiger charge is -2.30. The number of anilines is 1. The quantitative estimate of drug-likeness (QED) is 0.331. The third kappa shape index (κ3) is 9.36. The zero-order valence-corrected chi connectivity index (χ0v) is 24.9. The molecular weight excluding hydrogens is 549 g/mol. The van der Waals surface area contributed by atoms with E-state index in [1.807, 2.05) is 20.8 Å². The molecule has 8 nitrogen and oxygen atoms in total. The van der Waals surface area contributed by atoms with Crippen LogP contribution in [0, 0.1) is 5.92 Å². The number of sulfonamides is 1. The fourth-order valence-corrected chi connectivity index (χ4v) is 5.25. The van der Waals surface area contributed by atoms with E-state index < -0.39 is 16.1 Å². The van der Waals surface area contributed by atoms with E-state index in [1.54, 1.807) is 49.4 Å². The summed E-state index contributed by atoms with van der Waals surface area (Å²) in [6.07, 6.45) is 1.39. The van der Waals surface area contributed by atoms with Crippen molar-refractivity contribution in [3.05, 3.63) is 58.1 Å². The van der Waals surface area contributed by atoms with Crippen LogP contribution in [0.15, 0.2) is 42.5 Å². The number of carbonyl (C=O) groups is 2. The molecule has 0 aliphatic heterocycles. The normalized spacial score (nSPS) is 12.2. The Kier molecular flexibility index (Phi) is 12.2. The first-order chi connectivity index (χ1) is 17.8. The van der Waals surface area contributed by atoms with E-state index >= 15 is 0 Å². The van der Waals surface area contributed by atoms with Crippen molar-refractivity contribution in [1.29, 1.82) is 0 Å². The fourth-order valence-electron chi connectivity index (χ4n) is 3.77. The van der Waals surface area contributed by atoms with Gasteiger partial charge in [-0.05, 0) is 62.6 Å². The van der Waals surface area contributed by atoms with E-state index in [4.69, 9.17) is 27.9 Å². The Morgan fingerprint density at radius 1 is 1.03 bits per heavy atom. The largest absolute Gasteiger partial charge is 0.494 e. The van der Waals surface area contributed by atoms with Crippen molar-refractivity contribution in [3.8, 4) is 5.75 Å². The molecule has 0 fully saturated rings. The summed E-state index contributed by atoms with van der Waals surface area (Å²) in [5.41, 5.74) is 1.02. The lowest BCUT2D eigenvalue weighted by atomic mass is 10.1.